The molecule has 0 aliphatic carbocycles. The molecule has 6 nitrogen and oxygen atoms in total. The predicted octanol–water partition coefficient (Wildman–Crippen LogP) is 3.39. The summed E-state index contributed by atoms with van der Waals surface area (Å²) in [4.78, 5) is 27.1. The molecule has 0 bridgehead atoms. The van der Waals surface area contributed by atoms with Crippen LogP contribution in [-0.2, 0) is 16.0 Å². The molecule has 0 saturated heterocycles. The molecule has 6 heteroatoms. The van der Waals surface area contributed by atoms with Gasteiger partial charge in [-0.1, -0.05) is 24.3 Å². The van der Waals surface area contributed by atoms with Crippen LogP contribution in [-0.4, -0.2) is 29.1 Å². The molecule has 0 saturated carbocycles. The summed E-state index contributed by atoms with van der Waals surface area (Å²) < 4.78 is 4.73. The van der Waals surface area contributed by atoms with E-state index in [0.29, 0.717) is 22.5 Å². The number of carbonyl (C=O) groups is 2. The zero-order valence-corrected chi connectivity index (χ0v) is 13.5. The van der Waals surface area contributed by atoms with E-state index in [1.807, 2.05) is 30.3 Å². The second-order valence-corrected chi connectivity index (χ2v) is 5.45. The number of para-hydroxylation sites is 1. The summed E-state index contributed by atoms with van der Waals surface area (Å²) >= 11 is 0. The number of rotatable bonds is 5. The zero-order chi connectivity index (χ0) is 17.8. The van der Waals surface area contributed by atoms with Gasteiger partial charge in [0.15, 0.2) is 0 Å². The standard InChI is InChI=1S/C19H16N2O4/c1-25-19(24)12-5-4-6-13(9-12)20-17-10-14(11-18(22)23)21-16-8-3-2-7-15(16)17/h2-10H,11H2,1H3,(H,20,21)(H,22,23). The van der Waals surface area contributed by atoms with Gasteiger partial charge in [-0.25, -0.2) is 4.79 Å². The fourth-order valence-corrected chi connectivity index (χ4v) is 2.58. The van der Waals surface area contributed by atoms with Gasteiger partial charge in [-0.15, -0.1) is 0 Å². The SMILES string of the molecule is COC(=O)c1cccc(Nc2cc(CC(=O)O)nc3ccccc23)c1. The first-order chi connectivity index (χ1) is 12.1. The second kappa shape index (κ2) is 7.00. The maximum absolute atomic E-state index is 11.7. The van der Waals surface area contributed by atoms with E-state index in [4.69, 9.17) is 9.84 Å². The van der Waals surface area contributed by atoms with Crippen molar-refractivity contribution >= 4 is 34.2 Å². The molecule has 126 valence electrons. The number of benzene rings is 2. The molecule has 2 aromatic carbocycles. The van der Waals surface area contributed by atoms with Crippen LogP contribution >= 0.6 is 0 Å². The van der Waals surface area contributed by atoms with Gasteiger partial charge >= 0.3 is 11.9 Å². The van der Waals surface area contributed by atoms with Crippen molar-refractivity contribution < 1.29 is 19.4 Å². The number of carboxylic acid groups (broad SMARTS) is 1. The molecule has 0 fully saturated rings. The molecule has 0 atom stereocenters. The number of aromatic nitrogens is 1. The van der Waals surface area contributed by atoms with Crippen LogP contribution in [0.25, 0.3) is 10.9 Å². The molecule has 0 aliphatic rings. The van der Waals surface area contributed by atoms with Crippen LogP contribution in [0, 0.1) is 0 Å². The Labute approximate surface area is 144 Å². The van der Waals surface area contributed by atoms with E-state index in [-0.39, 0.29) is 6.42 Å². The van der Waals surface area contributed by atoms with Crippen molar-refractivity contribution in [2.24, 2.45) is 0 Å². The van der Waals surface area contributed by atoms with Gasteiger partial charge in [-0.3, -0.25) is 9.78 Å². The third kappa shape index (κ3) is 3.74. The van der Waals surface area contributed by atoms with Crippen molar-refractivity contribution in [3.63, 3.8) is 0 Å². The van der Waals surface area contributed by atoms with Crippen LogP contribution in [0.15, 0.2) is 54.6 Å². The lowest BCUT2D eigenvalue weighted by atomic mass is 10.1. The molecule has 3 rings (SSSR count). The molecular weight excluding hydrogens is 320 g/mol. The minimum absolute atomic E-state index is 0.165. The van der Waals surface area contributed by atoms with Crippen molar-refractivity contribution in [1.29, 1.82) is 0 Å². The Kier molecular flexibility index (Phi) is 4.61. The Morgan fingerprint density at radius 3 is 2.68 bits per heavy atom. The minimum atomic E-state index is -0.943. The van der Waals surface area contributed by atoms with E-state index in [1.165, 1.54) is 7.11 Å². The van der Waals surface area contributed by atoms with Crippen molar-refractivity contribution in [1.82, 2.24) is 4.98 Å². The average molecular weight is 336 g/mol. The number of aliphatic carboxylic acids is 1. The first-order valence-corrected chi connectivity index (χ1v) is 7.62. The number of methoxy groups -OCH3 is 1. The highest BCUT2D eigenvalue weighted by Gasteiger charge is 2.10. The molecule has 2 N–H and O–H groups in total. The molecule has 1 heterocycles. The molecule has 0 unspecified atom stereocenters. The topological polar surface area (TPSA) is 88.5 Å². The summed E-state index contributed by atoms with van der Waals surface area (Å²) in [7, 11) is 1.33. The van der Waals surface area contributed by atoms with Crippen molar-refractivity contribution in [2.45, 2.75) is 6.42 Å². The summed E-state index contributed by atoms with van der Waals surface area (Å²) in [6.45, 7) is 0. The molecule has 0 amide bonds. The second-order valence-electron chi connectivity index (χ2n) is 5.45. The van der Waals surface area contributed by atoms with E-state index in [0.717, 1.165) is 11.1 Å². The van der Waals surface area contributed by atoms with Crippen molar-refractivity contribution in [2.75, 3.05) is 12.4 Å². The number of pyridine rings is 1. The highest BCUT2D eigenvalue weighted by molar-refractivity contribution is 5.95. The van der Waals surface area contributed by atoms with Gasteiger partial charge in [0.2, 0.25) is 0 Å². The average Bonchev–Trinajstić information content (AvgIpc) is 2.60. The normalized spacial score (nSPS) is 10.4. The number of hydrogen-bond donors (Lipinski definition) is 2. The van der Waals surface area contributed by atoms with Crippen LogP contribution in [0.3, 0.4) is 0 Å². The highest BCUT2D eigenvalue weighted by Crippen LogP contribution is 2.27. The van der Waals surface area contributed by atoms with E-state index in [2.05, 4.69) is 10.3 Å². The number of fused-ring (bicyclic) bond motifs is 1. The van der Waals surface area contributed by atoms with Gasteiger partial charge in [0.05, 0.1) is 30.3 Å². The number of esters is 1. The van der Waals surface area contributed by atoms with E-state index in [9.17, 15) is 9.59 Å². The Hall–Kier alpha value is -3.41. The van der Waals surface area contributed by atoms with E-state index < -0.39 is 11.9 Å². The Morgan fingerprint density at radius 2 is 1.92 bits per heavy atom. The Bertz CT molecular complexity index is 953. The number of ether oxygens (including phenoxy) is 1. The fraction of sp³-hybridized carbons (Fsp3) is 0.105. The fourth-order valence-electron chi connectivity index (χ4n) is 2.58. The lowest BCUT2D eigenvalue weighted by Crippen LogP contribution is -2.04. The number of nitrogens with zero attached hydrogens (tertiary/aromatic N) is 1. The van der Waals surface area contributed by atoms with Crippen LogP contribution < -0.4 is 5.32 Å². The monoisotopic (exact) mass is 336 g/mol. The first-order valence-electron chi connectivity index (χ1n) is 7.62. The number of anilines is 2. The Morgan fingerprint density at radius 1 is 1.12 bits per heavy atom. The zero-order valence-electron chi connectivity index (χ0n) is 13.5. The molecule has 0 aliphatic heterocycles. The summed E-state index contributed by atoms with van der Waals surface area (Å²) in [6, 6.07) is 16.1. The maximum Gasteiger partial charge on any atom is 0.337 e. The Balaban J connectivity index is 2.03. The third-order valence-corrected chi connectivity index (χ3v) is 3.66. The van der Waals surface area contributed by atoms with Gasteiger partial charge in [0, 0.05) is 16.8 Å². The number of hydrogen-bond acceptors (Lipinski definition) is 5. The van der Waals surface area contributed by atoms with Crippen molar-refractivity contribution in [3.05, 3.63) is 65.9 Å². The quantitative estimate of drug-likeness (QED) is 0.694. The van der Waals surface area contributed by atoms with Gasteiger partial charge < -0.3 is 15.2 Å². The summed E-state index contributed by atoms with van der Waals surface area (Å²) in [5, 5.41) is 13.1. The molecule has 25 heavy (non-hydrogen) atoms. The van der Waals surface area contributed by atoms with Gasteiger partial charge in [-0.2, -0.15) is 0 Å². The molecular formula is C19H16N2O4. The lowest BCUT2D eigenvalue weighted by molar-refractivity contribution is -0.136. The van der Waals surface area contributed by atoms with Gasteiger partial charge in [0.25, 0.3) is 0 Å². The first kappa shape index (κ1) is 16.4. The summed E-state index contributed by atoms with van der Waals surface area (Å²) in [6.07, 6.45) is -0.165. The van der Waals surface area contributed by atoms with E-state index in [1.54, 1.807) is 24.3 Å². The molecule has 3 aromatic rings. The van der Waals surface area contributed by atoms with Gasteiger partial charge in [0.1, 0.15) is 0 Å². The van der Waals surface area contributed by atoms with Crippen LogP contribution in [0.1, 0.15) is 16.1 Å². The molecule has 1 aromatic heterocycles. The minimum Gasteiger partial charge on any atom is -0.481 e. The maximum atomic E-state index is 11.7. The molecule has 0 radical (unpaired) electrons. The number of nitrogens with one attached hydrogen (secondary N) is 1. The third-order valence-electron chi connectivity index (χ3n) is 3.66. The van der Waals surface area contributed by atoms with Gasteiger partial charge in [-0.05, 0) is 30.3 Å². The van der Waals surface area contributed by atoms with Crippen LogP contribution in [0.2, 0.25) is 0 Å². The summed E-state index contributed by atoms with van der Waals surface area (Å²) in [5.74, 6) is -1.36. The largest absolute Gasteiger partial charge is 0.481 e. The van der Waals surface area contributed by atoms with E-state index >= 15 is 0 Å². The van der Waals surface area contributed by atoms with Crippen LogP contribution in [0.4, 0.5) is 11.4 Å². The number of carbonyl (C=O) groups excluding carboxylic acids is 1. The van der Waals surface area contributed by atoms with Crippen LogP contribution in [0.5, 0.6) is 0 Å². The predicted molar refractivity (Wildman–Crippen MR) is 94.1 cm³/mol. The molecule has 0 spiro atoms. The smallest absolute Gasteiger partial charge is 0.337 e. The number of carboxylic acids is 1. The highest BCUT2D eigenvalue weighted by atomic mass is 16.5. The summed E-state index contributed by atoms with van der Waals surface area (Å²) in [5.41, 5.74) is 3.01. The lowest BCUT2D eigenvalue weighted by Gasteiger charge is -2.12. The van der Waals surface area contributed by atoms with Crippen molar-refractivity contribution in [3.8, 4) is 0 Å².